The highest BCUT2D eigenvalue weighted by atomic mass is 32.2. The molecule has 2 saturated heterocycles. The van der Waals surface area contributed by atoms with Crippen molar-refractivity contribution >= 4 is 29.7 Å². The number of fused-ring (bicyclic) bond motifs is 1. The molecule has 3 rings (SSSR count). The first-order valence-corrected chi connectivity index (χ1v) is 9.59. The lowest BCUT2D eigenvalue weighted by Gasteiger charge is -2.16. The third-order valence-corrected chi connectivity index (χ3v) is 6.02. The summed E-state index contributed by atoms with van der Waals surface area (Å²) in [5.41, 5.74) is 0. The van der Waals surface area contributed by atoms with Crippen LogP contribution in [0.15, 0.2) is 12.4 Å². The van der Waals surface area contributed by atoms with Crippen molar-refractivity contribution in [2.24, 2.45) is 0 Å². The van der Waals surface area contributed by atoms with Gasteiger partial charge in [-0.25, -0.2) is 9.36 Å². The molecule has 0 radical (unpaired) electrons. The summed E-state index contributed by atoms with van der Waals surface area (Å²) in [5.74, 6) is 0.360. The van der Waals surface area contributed by atoms with Gasteiger partial charge in [-0.3, -0.25) is 4.79 Å². The van der Waals surface area contributed by atoms with Crippen molar-refractivity contribution in [3.8, 4) is 0 Å². The van der Waals surface area contributed by atoms with Crippen molar-refractivity contribution in [1.82, 2.24) is 20.2 Å². The molecular weight excluding hydrogens is 362 g/mol. The Morgan fingerprint density at radius 2 is 2.31 bits per heavy atom. The number of rotatable bonds is 9. The standard InChI is InChI=1S/C15H21N5O5S/c21-12(25-8-7-19-6-5-16-15(19)20(23)24)4-2-1-3-11-13-10(9-26-11)17-14(22)18-13/h5-6,10-11,13H,1-4,7-9H2,(H2,17,18,22)/t10-,11-,13-/m0/s1. The zero-order chi connectivity index (χ0) is 18.5. The van der Waals surface area contributed by atoms with Gasteiger partial charge in [-0.1, -0.05) is 11.4 Å². The van der Waals surface area contributed by atoms with Gasteiger partial charge < -0.3 is 25.5 Å². The Morgan fingerprint density at radius 3 is 3.12 bits per heavy atom. The van der Waals surface area contributed by atoms with Gasteiger partial charge in [0.15, 0.2) is 0 Å². The Bertz CT molecular complexity index is 681. The summed E-state index contributed by atoms with van der Waals surface area (Å²) in [6.45, 7) is 0.284. The lowest BCUT2D eigenvalue weighted by Crippen LogP contribution is -2.36. The number of nitrogens with one attached hydrogen (secondary N) is 2. The van der Waals surface area contributed by atoms with Gasteiger partial charge in [0.25, 0.3) is 0 Å². The number of thioether (sulfide) groups is 1. The fourth-order valence-corrected chi connectivity index (χ4v) is 4.78. The summed E-state index contributed by atoms with van der Waals surface area (Å²) in [5, 5.41) is 17.0. The molecule has 2 amide bonds. The van der Waals surface area contributed by atoms with Gasteiger partial charge in [-0.05, 0) is 17.8 Å². The topological polar surface area (TPSA) is 128 Å². The molecule has 3 atom stereocenters. The van der Waals surface area contributed by atoms with E-state index < -0.39 is 4.92 Å². The van der Waals surface area contributed by atoms with Crippen LogP contribution in [-0.4, -0.2) is 56.2 Å². The van der Waals surface area contributed by atoms with Crippen LogP contribution in [0.4, 0.5) is 10.7 Å². The highest BCUT2D eigenvalue weighted by molar-refractivity contribution is 8.00. The summed E-state index contributed by atoms with van der Waals surface area (Å²) in [6, 6.07) is 0.312. The Hall–Kier alpha value is -2.30. The fourth-order valence-electron chi connectivity index (χ4n) is 3.24. The number of nitrogens with zero attached hydrogens (tertiary/aromatic N) is 3. The maximum atomic E-state index is 11.8. The van der Waals surface area contributed by atoms with Crippen molar-refractivity contribution < 1.29 is 19.2 Å². The molecule has 0 saturated carbocycles. The van der Waals surface area contributed by atoms with Gasteiger partial charge in [0.2, 0.25) is 0 Å². The molecule has 0 unspecified atom stereocenters. The molecule has 1 aromatic rings. The Labute approximate surface area is 154 Å². The smallest absolute Gasteiger partial charge is 0.434 e. The Balaban J connectivity index is 1.28. The highest BCUT2D eigenvalue weighted by Gasteiger charge is 2.42. The second-order valence-corrected chi connectivity index (χ2v) is 7.54. The van der Waals surface area contributed by atoms with Crippen LogP contribution in [0.25, 0.3) is 0 Å². The molecule has 2 aliphatic rings. The molecule has 0 spiro atoms. The maximum Gasteiger partial charge on any atom is 0.434 e. The number of unbranched alkanes of at least 4 members (excludes halogenated alkanes) is 1. The van der Waals surface area contributed by atoms with E-state index in [4.69, 9.17) is 4.74 Å². The van der Waals surface area contributed by atoms with Crippen LogP contribution in [0.3, 0.4) is 0 Å². The average Bonchev–Trinajstić information content (AvgIpc) is 3.28. The van der Waals surface area contributed by atoms with Crippen LogP contribution >= 0.6 is 11.8 Å². The van der Waals surface area contributed by atoms with E-state index in [1.807, 2.05) is 11.8 Å². The van der Waals surface area contributed by atoms with E-state index in [2.05, 4.69) is 15.6 Å². The third kappa shape index (κ3) is 4.45. The van der Waals surface area contributed by atoms with Crippen LogP contribution in [0.1, 0.15) is 25.7 Å². The lowest BCUT2D eigenvalue weighted by molar-refractivity contribution is -0.396. The molecule has 11 heteroatoms. The number of urea groups is 1. The number of amides is 2. The van der Waals surface area contributed by atoms with Gasteiger partial charge in [-0.15, -0.1) is 0 Å². The molecule has 26 heavy (non-hydrogen) atoms. The minimum atomic E-state index is -0.574. The quantitative estimate of drug-likeness (QED) is 0.214. The number of carbonyl (C=O) groups is 2. The number of imidazole rings is 1. The molecule has 3 heterocycles. The van der Waals surface area contributed by atoms with Gasteiger partial charge in [0.1, 0.15) is 25.5 Å². The minimum Gasteiger partial charge on any atom is -0.462 e. The second kappa shape index (κ2) is 8.39. The first-order chi connectivity index (χ1) is 12.5. The molecule has 2 aliphatic heterocycles. The number of carbonyl (C=O) groups excluding carboxylic acids is 2. The zero-order valence-electron chi connectivity index (χ0n) is 14.1. The van der Waals surface area contributed by atoms with E-state index in [1.54, 1.807) is 0 Å². The van der Waals surface area contributed by atoms with Crippen LogP contribution in [0.5, 0.6) is 0 Å². The second-order valence-electron chi connectivity index (χ2n) is 6.27. The Kier molecular flexibility index (Phi) is 5.96. The first-order valence-electron chi connectivity index (χ1n) is 8.54. The van der Waals surface area contributed by atoms with Crippen LogP contribution in [0, 0.1) is 10.1 Å². The van der Waals surface area contributed by atoms with E-state index >= 15 is 0 Å². The van der Waals surface area contributed by atoms with E-state index in [9.17, 15) is 19.7 Å². The van der Waals surface area contributed by atoms with Crippen molar-refractivity contribution in [3.63, 3.8) is 0 Å². The normalized spacial score (nSPS) is 24.0. The largest absolute Gasteiger partial charge is 0.462 e. The van der Waals surface area contributed by atoms with E-state index in [1.165, 1.54) is 17.0 Å². The van der Waals surface area contributed by atoms with Crippen molar-refractivity contribution in [2.45, 2.75) is 49.6 Å². The zero-order valence-corrected chi connectivity index (χ0v) is 14.9. The summed E-state index contributed by atoms with van der Waals surface area (Å²) >= 11 is 1.85. The number of hydrogen-bond acceptors (Lipinski definition) is 7. The number of aromatic nitrogens is 2. The fraction of sp³-hybridized carbons (Fsp3) is 0.667. The number of esters is 1. The van der Waals surface area contributed by atoms with E-state index in [0.29, 0.717) is 11.7 Å². The SMILES string of the molecule is O=C1N[C@H]2[C@H](CS[C@H]2CCCCC(=O)OCCn2ccnc2[N+](=O)[O-])N1. The average molecular weight is 383 g/mol. The molecule has 0 bridgehead atoms. The third-order valence-electron chi connectivity index (χ3n) is 4.51. The minimum absolute atomic E-state index is 0.0793. The predicted molar refractivity (Wildman–Crippen MR) is 93.8 cm³/mol. The maximum absolute atomic E-state index is 11.8. The molecule has 142 valence electrons. The highest BCUT2D eigenvalue weighted by Crippen LogP contribution is 2.33. The summed E-state index contributed by atoms with van der Waals surface area (Å²) in [4.78, 5) is 36.9. The summed E-state index contributed by atoms with van der Waals surface area (Å²) < 4.78 is 6.46. The molecule has 0 aromatic carbocycles. The van der Waals surface area contributed by atoms with Gasteiger partial charge in [0, 0.05) is 17.4 Å². The number of ether oxygens (including phenoxy) is 1. The van der Waals surface area contributed by atoms with Crippen LogP contribution < -0.4 is 10.6 Å². The molecular formula is C15H21N5O5S. The monoisotopic (exact) mass is 383 g/mol. The van der Waals surface area contributed by atoms with Crippen molar-refractivity contribution in [2.75, 3.05) is 12.4 Å². The Morgan fingerprint density at radius 1 is 1.46 bits per heavy atom. The lowest BCUT2D eigenvalue weighted by atomic mass is 10.0. The molecule has 1 aromatic heterocycles. The molecule has 10 nitrogen and oxygen atoms in total. The van der Waals surface area contributed by atoms with Gasteiger partial charge in [0.05, 0.1) is 12.1 Å². The molecule has 0 aliphatic carbocycles. The first kappa shape index (κ1) is 18.5. The molecule has 2 N–H and O–H groups in total. The van der Waals surface area contributed by atoms with Gasteiger partial charge in [-0.2, -0.15) is 11.8 Å². The number of hydrogen-bond donors (Lipinski definition) is 2. The number of nitro groups is 1. The summed E-state index contributed by atoms with van der Waals surface area (Å²) in [7, 11) is 0. The summed E-state index contributed by atoms with van der Waals surface area (Å²) in [6.07, 6.45) is 5.70. The predicted octanol–water partition coefficient (Wildman–Crippen LogP) is 1.06. The van der Waals surface area contributed by atoms with Gasteiger partial charge >= 0.3 is 17.9 Å². The van der Waals surface area contributed by atoms with Crippen molar-refractivity contribution in [1.29, 1.82) is 0 Å². The van der Waals surface area contributed by atoms with E-state index in [-0.39, 0.29) is 43.2 Å². The van der Waals surface area contributed by atoms with Crippen LogP contribution in [0.2, 0.25) is 0 Å². The van der Waals surface area contributed by atoms with Crippen molar-refractivity contribution in [3.05, 3.63) is 22.5 Å². The van der Waals surface area contributed by atoms with E-state index in [0.717, 1.165) is 25.0 Å². The molecule has 2 fully saturated rings. The van der Waals surface area contributed by atoms with Crippen LogP contribution in [-0.2, 0) is 16.1 Å².